The lowest BCUT2D eigenvalue weighted by Crippen LogP contribution is -2.49. The number of nitrogens with one attached hydrogen (secondary N) is 1. The van der Waals surface area contributed by atoms with Gasteiger partial charge in [0.05, 0.1) is 17.3 Å². The number of hydrogen-bond donors (Lipinski definition) is 2. The van der Waals surface area contributed by atoms with Gasteiger partial charge in [0, 0.05) is 20.4 Å². The third-order valence-electron chi connectivity index (χ3n) is 3.83. The molecule has 0 saturated heterocycles. The van der Waals surface area contributed by atoms with E-state index >= 15 is 0 Å². The quantitative estimate of drug-likeness (QED) is 0.612. The van der Waals surface area contributed by atoms with Crippen molar-refractivity contribution in [1.29, 1.82) is 0 Å². The number of aromatic nitrogens is 2. The van der Waals surface area contributed by atoms with Crippen molar-refractivity contribution < 1.29 is 4.74 Å². The summed E-state index contributed by atoms with van der Waals surface area (Å²) in [5, 5.41) is 4.44. The first-order valence-corrected chi connectivity index (χ1v) is 6.23. The predicted octanol–water partition coefficient (Wildman–Crippen LogP) is 1.27. The lowest BCUT2D eigenvalue weighted by atomic mass is 9.78. The highest BCUT2D eigenvalue weighted by Gasteiger charge is 2.41. The average molecular weight is 238 g/mol. The van der Waals surface area contributed by atoms with Crippen LogP contribution in [0.2, 0.25) is 0 Å². The molecular formula is C12H22N4O. The van der Waals surface area contributed by atoms with Crippen molar-refractivity contribution in [1.82, 2.24) is 15.2 Å². The molecular weight excluding hydrogens is 216 g/mol. The average Bonchev–Trinajstić information content (AvgIpc) is 2.78. The highest BCUT2D eigenvalue weighted by molar-refractivity contribution is 5.12. The van der Waals surface area contributed by atoms with E-state index in [1.54, 1.807) is 11.8 Å². The summed E-state index contributed by atoms with van der Waals surface area (Å²) < 4.78 is 7.60. The molecule has 0 radical (unpaired) electrons. The van der Waals surface area contributed by atoms with Crippen molar-refractivity contribution >= 4 is 0 Å². The Morgan fingerprint density at radius 3 is 2.65 bits per heavy atom. The molecule has 0 spiro atoms. The minimum Gasteiger partial charge on any atom is -0.376 e. The maximum absolute atomic E-state index is 5.80. The topological polar surface area (TPSA) is 65.1 Å². The summed E-state index contributed by atoms with van der Waals surface area (Å²) in [5.74, 6) is 5.73. The Morgan fingerprint density at radius 2 is 2.18 bits per heavy atom. The fraction of sp³-hybridized carbons (Fsp3) is 0.750. The number of nitrogens with zero attached hydrogens (tertiary/aromatic N) is 2. The van der Waals surface area contributed by atoms with E-state index in [9.17, 15) is 0 Å². The largest absolute Gasteiger partial charge is 0.376 e. The van der Waals surface area contributed by atoms with Crippen molar-refractivity contribution in [3.05, 3.63) is 18.0 Å². The van der Waals surface area contributed by atoms with Gasteiger partial charge in [0.2, 0.25) is 0 Å². The molecule has 1 unspecified atom stereocenters. The second-order valence-electron chi connectivity index (χ2n) is 4.84. The number of rotatable bonds is 4. The zero-order valence-corrected chi connectivity index (χ0v) is 10.6. The number of methoxy groups -OCH3 is 1. The van der Waals surface area contributed by atoms with Gasteiger partial charge in [-0.25, -0.2) is 5.43 Å². The Bertz CT molecular complexity index is 357. The van der Waals surface area contributed by atoms with Crippen LogP contribution in [-0.4, -0.2) is 22.5 Å². The monoisotopic (exact) mass is 238 g/mol. The molecule has 1 aromatic rings. The van der Waals surface area contributed by atoms with Crippen LogP contribution in [-0.2, 0) is 11.8 Å². The van der Waals surface area contributed by atoms with Crippen molar-refractivity contribution in [3.63, 3.8) is 0 Å². The fourth-order valence-corrected chi connectivity index (χ4v) is 2.85. The Kier molecular flexibility index (Phi) is 3.81. The van der Waals surface area contributed by atoms with E-state index in [1.807, 2.05) is 19.3 Å². The molecule has 1 atom stereocenters. The van der Waals surface area contributed by atoms with Gasteiger partial charge in [-0.05, 0) is 18.9 Å². The van der Waals surface area contributed by atoms with Gasteiger partial charge >= 0.3 is 0 Å². The second kappa shape index (κ2) is 5.16. The summed E-state index contributed by atoms with van der Waals surface area (Å²) in [4.78, 5) is 0. The van der Waals surface area contributed by atoms with E-state index in [2.05, 4.69) is 10.5 Å². The van der Waals surface area contributed by atoms with Crippen LogP contribution in [0.15, 0.2) is 12.3 Å². The minimum atomic E-state index is -0.207. The SMILES string of the molecule is COC1(C(NN)c2ccn(C)n2)CCCCC1. The Labute approximate surface area is 102 Å². The van der Waals surface area contributed by atoms with Crippen molar-refractivity contribution in [2.75, 3.05) is 7.11 Å². The lowest BCUT2D eigenvalue weighted by Gasteiger charge is -2.41. The van der Waals surface area contributed by atoms with Gasteiger partial charge in [0.15, 0.2) is 0 Å². The fourth-order valence-electron chi connectivity index (χ4n) is 2.85. The summed E-state index contributed by atoms with van der Waals surface area (Å²) >= 11 is 0. The molecule has 0 bridgehead atoms. The number of aryl methyl sites for hydroxylation is 1. The van der Waals surface area contributed by atoms with Gasteiger partial charge in [-0.3, -0.25) is 10.5 Å². The number of hydrogen-bond acceptors (Lipinski definition) is 4. The Balaban J connectivity index is 2.26. The summed E-state index contributed by atoms with van der Waals surface area (Å²) in [6.45, 7) is 0. The maximum Gasteiger partial charge on any atom is 0.0939 e. The first-order chi connectivity index (χ1) is 8.22. The first-order valence-electron chi connectivity index (χ1n) is 6.23. The first kappa shape index (κ1) is 12.5. The Hall–Kier alpha value is -0.910. The van der Waals surface area contributed by atoms with Crippen molar-refractivity contribution in [3.8, 4) is 0 Å². The number of ether oxygens (including phenoxy) is 1. The molecule has 1 saturated carbocycles. The predicted molar refractivity (Wildman–Crippen MR) is 66.1 cm³/mol. The molecule has 5 nitrogen and oxygen atoms in total. The van der Waals surface area contributed by atoms with E-state index in [0.717, 1.165) is 18.5 Å². The molecule has 1 aliphatic rings. The van der Waals surface area contributed by atoms with Gasteiger partial charge in [-0.2, -0.15) is 5.10 Å². The van der Waals surface area contributed by atoms with Crippen LogP contribution in [0.1, 0.15) is 43.8 Å². The summed E-state index contributed by atoms with van der Waals surface area (Å²) in [7, 11) is 3.69. The van der Waals surface area contributed by atoms with Crippen molar-refractivity contribution in [2.45, 2.75) is 43.7 Å². The zero-order chi connectivity index (χ0) is 12.3. The van der Waals surface area contributed by atoms with Crippen LogP contribution in [0.5, 0.6) is 0 Å². The standard InChI is InChI=1S/C12H22N4O/c1-16-9-6-10(15-16)11(14-13)12(17-2)7-4-3-5-8-12/h6,9,11,14H,3-5,7-8,13H2,1-2H3. The van der Waals surface area contributed by atoms with E-state index in [1.165, 1.54) is 19.3 Å². The van der Waals surface area contributed by atoms with E-state index in [0.29, 0.717) is 0 Å². The minimum absolute atomic E-state index is 0.0333. The lowest BCUT2D eigenvalue weighted by molar-refractivity contribution is -0.0699. The Morgan fingerprint density at radius 1 is 1.47 bits per heavy atom. The van der Waals surface area contributed by atoms with Crippen molar-refractivity contribution in [2.24, 2.45) is 12.9 Å². The highest BCUT2D eigenvalue weighted by atomic mass is 16.5. The third kappa shape index (κ3) is 2.36. The van der Waals surface area contributed by atoms with Crippen LogP contribution in [0.4, 0.5) is 0 Å². The van der Waals surface area contributed by atoms with Gasteiger partial charge < -0.3 is 4.74 Å². The molecule has 17 heavy (non-hydrogen) atoms. The van der Waals surface area contributed by atoms with Crippen LogP contribution in [0.3, 0.4) is 0 Å². The van der Waals surface area contributed by atoms with Crippen LogP contribution >= 0.6 is 0 Å². The molecule has 0 amide bonds. The molecule has 0 aromatic carbocycles. The molecule has 1 aromatic heterocycles. The molecule has 96 valence electrons. The summed E-state index contributed by atoms with van der Waals surface area (Å²) in [6.07, 6.45) is 7.68. The molecule has 2 rings (SSSR count). The van der Waals surface area contributed by atoms with Crippen LogP contribution in [0.25, 0.3) is 0 Å². The molecule has 3 N–H and O–H groups in total. The van der Waals surface area contributed by atoms with Gasteiger partial charge in [-0.15, -0.1) is 0 Å². The third-order valence-corrected chi connectivity index (χ3v) is 3.83. The smallest absolute Gasteiger partial charge is 0.0939 e. The number of nitrogens with two attached hydrogens (primary N) is 1. The van der Waals surface area contributed by atoms with Gasteiger partial charge in [-0.1, -0.05) is 19.3 Å². The van der Waals surface area contributed by atoms with E-state index in [-0.39, 0.29) is 11.6 Å². The number of hydrazine groups is 1. The van der Waals surface area contributed by atoms with E-state index < -0.39 is 0 Å². The molecule has 1 fully saturated rings. The second-order valence-corrected chi connectivity index (χ2v) is 4.84. The molecule has 1 aliphatic carbocycles. The van der Waals surface area contributed by atoms with Crippen LogP contribution in [0, 0.1) is 0 Å². The molecule has 0 aliphatic heterocycles. The molecule has 1 heterocycles. The maximum atomic E-state index is 5.80. The zero-order valence-electron chi connectivity index (χ0n) is 10.6. The summed E-state index contributed by atoms with van der Waals surface area (Å²) in [6, 6.07) is 1.97. The molecule has 5 heteroatoms. The summed E-state index contributed by atoms with van der Waals surface area (Å²) in [5.41, 5.74) is 3.64. The highest BCUT2D eigenvalue weighted by Crippen LogP contribution is 2.40. The van der Waals surface area contributed by atoms with Gasteiger partial charge in [0.1, 0.15) is 0 Å². The van der Waals surface area contributed by atoms with Gasteiger partial charge in [0.25, 0.3) is 0 Å². The van der Waals surface area contributed by atoms with Crippen LogP contribution < -0.4 is 11.3 Å². The van der Waals surface area contributed by atoms with E-state index in [4.69, 9.17) is 10.6 Å². The normalized spacial score (nSPS) is 21.4.